The molecule has 0 spiro atoms. The summed E-state index contributed by atoms with van der Waals surface area (Å²) >= 11 is 0. The number of terminal acetylenes is 1. The summed E-state index contributed by atoms with van der Waals surface area (Å²) in [6.07, 6.45) is 12.8. The highest BCUT2D eigenvalue weighted by Crippen LogP contribution is 2.39. The number of hydrogen-bond donors (Lipinski definition) is 6. The van der Waals surface area contributed by atoms with Crippen molar-refractivity contribution in [2.24, 2.45) is 5.41 Å². The number of urea groups is 1. The Morgan fingerprint density at radius 3 is 2.35 bits per heavy atom. The van der Waals surface area contributed by atoms with E-state index >= 15 is 0 Å². The SMILES string of the molecule is C#Cc1ccc(CNC(=O)[C@@H]2C[C@@H](O)CN2C(=O)[C@@H](NC(=O)N2CCC(N3CCC(c4cnc(N5CCc6[nH]c7nnc(-c8ccccc8O)cc7c6[C@@H]5CO)nc4)CC3)CC2)C(C)(C)C)cc1. The molecule has 3 aromatic heterocycles. The van der Waals surface area contributed by atoms with Crippen LogP contribution in [0.15, 0.2) is 67.0 Å². The second-order valence-corrected chi connectivity index (χ2v) is 19.7. The lowest BCUT2D eigenvalue weighted by atomic mass is 9.85. The first-order valence-corrected chi connectivity index (χ1v) is 23.8. The molecule has 4 amide bonds. The largest absolute Gasteiger partial charge is 0.507 e. The summed E-state index contributed by atoms with van der Waals surface area (Å²) < 4.78 is 0. The van der Waals surface area contributed by atoms with Crippen LogP contribution in [0.2, 0.25) is 0 Å². The molecule has 0 unspecified atom stereocenters. The van der Waals surface area contributed by atoms with Crippen molar-refractivity contribution >= 4 is 34.8 Å². The fourth-order valence-corrected chi connectivity index (χ4v) is 10.5. The fourth-order valence-electron chi connectivity index (χ4n) is 10.5. The number of H-pyrrole nitrogens is 1. The Bertz CT molecular complexity index is 2660. The zero-order valence-corrected chi connectivity index (χ0v) is 38.9. The van der Waals surface area contributed by atoms with E-state index < -0.39 is 29.6 Å². The van der Waals surface area contributed by atoms with Gasteiger partial charge in [-0.05, 0) is 91.6 Å². The van der Waals surface area contributed by atoms with Crippen LogP contribution >= 0.6 is 0 Å². The number of amides is 4. The third kappa shape index (κ3) is 9.58. The summed E-state index contributed by atoms with van der Waals surface area (Å²) in [6, 6.07) is 14.1. The zero-order valence-electron chi connectivity index (χ0n) is 38.9. The number of β-amino-alcohol motifs (C(OH)–C–C–N with tert-alkyl or cyclic N) is 1. The van der Waals surface area contributed by atoms with Crippen molar-refractivity contribution in [3.05, 3.63) is 94.9 Å². The standard InChI is InChI=1S/C51H61N11O6/c1-5-31-10-12-32(13-11-31)26-52-47(66)41-24-36(64)29-62(41)48(67)45(51(2,3)4)56-50(68)60-21-16-35(17-22-60)59-19-14-33(15-20-59)34-27-53-49(54-28-34)61-23-18-39-44(42(61)30-63)38-25-40(57-58-46(38)55-39)37-8-6-7-9-43(37)65/h1,6-13,25,27-28,33,35-36,41-42,45,63-65H,14-24,26,29-30H2,2-4H3,(H,52,66)(H,55,58)(H,56,68)/t36-,41+,42+,45-/m1/s1. The third-order valence-electron chi connectivity index (χ3n) is 14.4. The first kappa shape index (κ1) is 46.5. The number of aliphatic hydroxyl groups excluding tert-OH is 2. The molecule has 0 bridgehead atoms. The molecule has 6 N–H and O–H groups in total. The Labute approximate surface area is 396 Å². The van der Waals surface area contributed by atoms with Crippen molar-refractivity contribution in [3.8, 4) is 29.4 Å². The predicted molar refractivity (Wildman–Crippen MR) is 256 cm³/mol. The molecule has 7 heterocycles. The number of phenolic OH excluding ortho intramolecular Hbond substituents is 1. The number of hydrogen-bond acceptors (Lipinski definition) is 12. The van der Waals surface area contributed by atoms with Crippen LogP contribution in [0.4, 0.5) is 10.7 Å². The summed E-state index contributed by atoms with van der Waals surface area (Å²) in [5, 5.41) is 47.4. The number of nitrogens with one attached hydrogen (secondary N) is 3. The van der Waals surface area contributed by atoms with E-state index in [-0.39, 0.29) is 49.7 Å². The van der Waals surface area contributed by atoms with E-state index in [4.69, 9.17) is 16.4 Å². The molecule has 3 saturated heterocycles. The summed E-state index contributed by atoms with van der Waals surface area (Å²) in [5.41, 5.74) is 5.72. The van der Waals surface area contributed by atoms with Gasteiger partial charge in [0, 0.05) is 91.8 Å². The van der Waals surface area contributed by atoms with Gasteiger partial charge < -0.3 is 50.5 Å². The molecule has 68 heavy (non-hydrogen) atoms. The van der Waals surface area contributed by atoms with Crippen LogP contribution in [0.3, 0.4) is 0 Å². The highest BCUT2D eigenvalue weighted by atomic mass is 16.3. The Morgan fingerprint density at radius 1 is 0.956 bits per heavy atom. The Kier molecular flexibility index (Phi) is 13.4. The lowest BCUT2D eigenvalue weighted by Gasteiger charge is -2.42. The maximum absolute atomic E-state index is 14.2. The van der Waals surface area contributed by atoms with Crippen LogP contribution in [-0.2, 0) is 22.6 Å². The molecule has 4 aliphatic heterocycles. The third-order valence-corrected chi connectivity index (χ3v) is 14.4. The van der Waals surface area contributed by atoms with Crippen LogP contribution < -0.4 is 15.5 Å². The molecule has 4 atom stereocenters. The van der Waals surface area contributed by atoms with E-state index in [0.717, 1.165) is 72.1 Å². The number of piperidine rings is 2. The van der Waals surface area contributed by atoms with Crippen LogP contribution in [0.1, 0.15) is 92.8 Å². The van der Waals surface area contributed by atoms with Crippen LogP contribution in [0, 0.1) is 17.8 Å². The van der Waals surface area contributed by atoms with Crippen molar-refractivity contribution in [1.29, 1.82) is 0 Å². The number of aliphatic hydroxyl groups is 2. The number of nitrogens with zero attached hydrogens (tertiary/aromatic N) is 8. The fraction of sp³-hybridized carbons (Fsp3) is 0.471. The highest BCUT2D eigenvalue weighted by Gasteiger charge is 2.45. The Hall–Kier alpha value is -6.61. The van der Waals surface area contributed by atoms with E-state index in [2.05, 4.69) is 41.5 Å². The average Bonchev–Trinajstić information content (AvgIpc) is 3.94. The van der Waals surface area contributed by atoms with E-state index in [1.165, 1.54) is 4.90 Å². The summed E-state index contributed by atoms with van der Waals surface area (Å²) in [5.74, 6) is 2.82. The minimum absolute atomic E-state index is 0.00914. The Balaban J connectivity index is 0.767. The second kappa shape index (κ2) is 19.5. The topological polar surface area (TPSA) is 216 Å². The molecule has 4 aliphatic rings. The van der Waals surface area contributed by atoms with Crippen molar-refractivity contribution in [2.75, 3.05) is 50.8 Å². The number of carbonyl (C=O) groups is 3. The van der Waals surface area contributed by atoms with Crippen molar-refractivity contribution in [2.45, 2.75) is 102 Å². The van der Waals surface area contributed by atoms with Gasteiger partial charge >= 0.3 is 6.03 Å². The number of benzene rings is 2. The summed E-state index contributed by atoms with van der Waals surface area (Å²) in [4.78, 5) is 62.3. The molecule has 0 radical (unpaired) electrons. The van der Waals surface area contributed by atoms with E-state index in [1.807, 2.05) is 57.4 Å². The summed E-state index contributed by atoms with van der Waals surface area (Å²) in [7, 11) is 0. The molecule has 2 aromatic carbocycles. The molecule has 3 fully saturated rings. The number of fused-ring (bicyclic) bond motifs is 3. The number of likely N-dealkylation sites (tertiary alicyclic amines) is 3. The van der Waals surface area contributed by atoms with Gasteiger partial charge in [-0.15, -0.1) is 16.6 Å². The van der Waals surface area contributed by atoms with Crippen molar-refractivity contribution < 1.29 is 29.7 Å². The lowest BCUT2D eigenvalue weighted by molar-refractivity contribution is -0.142. The van der Waals surface area contributed by atoms with Crippen LogP contribution in [0.5, 0.6) is 5.75 Å². The van der Waals surface area contributed by atoms with E-state index in [0.29, 0.717) is 60.9 Å². The van der Waals surface area contributed by atoms with Gasteiger partial charge in [-0.1, -0.05) is 51.0 Å². The number of carbonyl (C=O) groups excluding carboxylic acids is 3. The quantitative estimate of drug-likeness (QED) is 0.109. The minimum Gasteiger partial charge on any atom is -0.507 e. The average molecular weight is 924 g/mol. The monoisotopic (exact) mass is 923 g/mol. The first-order valence-electron chi connectivity index (χ1n) is 23.8. The normalized spacial score (nSPS) is 21.1. The number of aromatic amines is 1. The predicted octanol–water partition coefficient (Wildman–Crippen LogP) is 4.24. The van der Waals surface area contributed by atoms with Gasteiger partial charge in [0.2, 0.25) is 17.8 Å². The number of rotatable bonds is 10. The van der Waals surface area contributed by atoms with Gasteiger partial charge in [0.05, 0.1) is 24.4 Å². The molecular weight excluding hydrogens is 863 g/mol. The van der Waals surface area contributed by atoms with Gasteiger partial charge in [0.15, 0.2) is 5.65 Å². The Morgan fingerprint density at radius 2 is 1.68 bits per heavy atom. The highest BCUT2D eigenvalue weighted by molar-refractivity contribution is 5.93. The van der Waals surface area contributed by atoms with Gasteiger partial charge in [0.1, 0.15) is 17.8 Å². The molecular formula is C51H61N11O6. The smallest absolute Gasteiger partial charge is 0.318 e. The minimum atomic E-state index is -0.911. The number of para-hydroxylation sites is 1. The molecule has 17 nitrogen and oxygen atoms in total. The molecule has 0 aliphatic carbocycles. The molecule has 9 rings (SSSR count). The van der Waals surface area contributed by atoms with Crippen LogP contribution in [0.25, 0.3) is 22.3 Å². The van der Waals surface area contributed by atoms with Gasteiger partial charge in [-0.25, -0.2) is 14.8 Å². The maximum atomic E-state index is 14.2. The first-order chi connectivity index (χ1) is 32.8. The second-order valence-electron chi connectivity index (χ2n) is 19.7. The van der Waals surface area contributed by atoms with Gasteiger partial charge in [-0.3, -0.25) is 9.59 Å². The molecule has 17 heteroatoms. The maximum Gasteiger partial charge on any atom is 0.318 e. The summed E-state index contributed by atoms with van der Waals surface area (Å²) in [6.45, 7) is 9.37. The number of aromatic nitrogens is 5. The van der Waals surface area contributed by atoms with Gasteiger partial charge in [-0.2, -0.15) is 0 Å². The molecule has 0 saturated carbocycles. The van der Waals surface area contributed by atoms with E-state index in [9.17, 15) is 29.7 Å². The van der Waals surface area contributed by atoms with Gasteiger partial charge in [0.25, 0.3) is 0 Å². The van der Waals surface area contributed by atoms with Crippen LogP contribution in [-0.4, -0.2) is 143 Å². The number of anilines is 1. The number of aromatic hydroxyl groups is 1. The van der Waals surface area contributed by atoms with Crippen molar-refractivity contribution in [1.82, 2.24) is 50.5 Å². The lowest BCUT2D eigenvalue weighted by Crippen LogP contribution is -2.60. The number of phenols is 1. The molecule has 356 valence electrons. The van der Waals surface area contributed by atoms with E-state index in [1.54, 1.807) is 35.2 Å². The van der Waals surface area contributed by atoms with Crippen molar-refractivity contribution in [3.63, 3.8) is 0 Å². The molecule has 5 aromatic rings. The zero-order chi connectivity index (χ0) is 47.7.